The predicted octanol–water partition coefficient (Wildman–Crippen LogP) is 3.02. The number of aldehydes is 1. The van der Waals surface area contributed by atoms with Crippen LogP contribution in [0.2, 0.25) is 0 Å². The summed E-state index contributed by atoms with van der Waals surface area (Å²) in [6, 6.07) is 10.1. The summed E-state index contributed by atoms with van der Waals surface area (Å²) in [4.78, 5) is 44.8. The van der Waals surface area contributed by atoms with Gasteiger partial charge >= 0.3 is 5.69 Å². The smallest absolute Gasteiger partial charge is 0.311 e. The number of hydrogen-bond donors (Lipinski definition) is 1. The van der Waals surface area contributed by atoms with Crippen LogP contribution in [0, 0.1) is 10.1 Å². The molecule has 8 nitrogen and oxygen atoms in total. The van der Waals surface area contributed by atoms with Crippen LogP contribution in [-0.4, -0.2) is 29.0 Å². The van der Waals surface area contributed by atoms with Crippen LogP contribution in [0.25, 0.3) is 0 Å². The van der Waals surface area contributed by atoms with Crippen LogP contribution in [0.3, 0.4) is 0 Å². The first-order chi connectivity index (χ1) is 12.3. The molecular weight excluding hydrogens is 340 g/mol. The van der Waals surface area contributed by atoms with E-state index in [-0.39, 0.29) is 17.1 Å². The molecule has 134 valence electrons. The average Bonchev–Trinajstić information content (AvgIpc) is 2.61. The van der Waals surface area contributed by atoms with Crippen molar-refractivity contribution >= 4 is 29.4 Å². The molecule has 0 saturated carbocycles. The van der Waals surface area contributed by atoms with E-state index in [1.807, 2.05) is 0 Å². The molecular formula is C18H16N2O6. The maximum atomic E-state index is 12.3. The van der Waals surface area contributed by atoms with Gasteiger partial charge in [-0.05, 0) is 38.1 Å². The minimum atomic E-state index is -1.04. The molecule has 8 heteroatoms. The van der Waals surface area contributed by atoms with Gasteiger partial charge in [0.1, 0.15) is 6.29 Å². The van der Waals surface area contributed by atoms with Gasteiger partial charge in [-0.3, -0.25) is 24.5 Å². The van der Waals surface area contributed by atoms with E-state index in [4.69, 9.17) is 4.74 Å². The third-order valence-electron chi connectivity index (χ3n) is 3.53. The van der Waals surface area contributed by atoms with E-state index in [9.17, 15) is 24.5 Å². The number of nitro groups is 1. The molecule has 0 radical (unpaired) electrons. The van der Waals surface area contributed by atoms with Crippen molar-refractivity contribution in [3.8, 4) is 5.75 Å². The van der Waals surface area contributed by atoms with Gasteiger partial charge in [-0.1, -0.05) is 12.1 Å². The van der Waals surface area contributed by atoms with E-state index >= 15 is 0 Å². The Morgan fingerprint density at radius 2 is 1.96 bits per heavy atom. The molecule has 0 aliphatic carbocycles. The number of nitro benzene ring substituents is 1. The number of carbonyl (C=O) groups is 3. The van der Waals surface area contributed by atoms with Gasteiger partial charge in [-0.15, -0.1) is 0 Å². The Balaban J connectivity index is 2.14. The molecule has 0 spiro atoms. The predicted molar refractivity (Wildman–Crippen MR) is 93.7 cm³/mol. The maximum Gasteiger partial charge on any atom is 0.311 e. The molecule has 0 aromatic heterocycles. The standard InChI is InChI=1S/C18H16N2O6/c1-11(22)14-4-3-5-15(9-14)19-18(23)12(2)26-17-7-6-13(10-21)8-16(17)20(24)25/h3-10,12H,1-2H3,(H,19,23)/t12-/m1/s1. The molecule has 0 bridgehead atoms. The molecule has 26 heavy (non-hydrogen) atoms. The second kappa shape index (κ2) is 8.02. The fraction of sp³-hybridized carbons (Fsp3) is 0.167. The lowest BCUT2D eigenvalue weighted by Crippen LogP contribution is -2.30. The van der Waals surface area contributed by atoms with E-state index in [1.54, 1.807) is 18.2 Å². The van der Waals surface area contributed by atoms with Gasteiger partial charge in [0, 0.05) is 22.9 Å². The zero-order valence-corrected chi connectivity index (χ0v) is 14.1. The zero-order valence-electron chi connectivity index (χ0n) is 14.1. The normalized spacial score (nSPS) is 11.3. The lowest BCUT2D eigenvalue weighted by Gasteiger charge is -2.15. The maximum absolute atomic E-state index is 12.3. The molecule has 1 N–H and O–H groups in total. The first kappa shape index (κ1) is 18.8. The van der Waals surface area contributed by atoms with Crippen molar-refractivity contribution < 1.29 is 24.0 Å². The van der Waals surface area contributed by atoms with E-state index < -0.39 is 22.6 Å². The number of rotatable bonds is 7. The van der Waals surface area contributed by atoms with Crippen LogP contribution in [0.1, 0.15) is 34.6 Å². The van der Waals surface area contributed by atoms with E-state index in [0.717, 1.165) is 6.07 Å². The van der Waals surface area contributed by atoms with Crippen LogP contribution >= 0.6 is 0 Å². The molecule has 2 aromatic rings. The number of Topliss-reactive ketones (excluding diaryl/α,β-unsaturated/α-hetero) is 1. The summed E-state index contributed by atoms with van der Waals surface area (Å²) in [5, 5.41) is 13.7. The van der Waals surface area contributed by atoms with Crippen LogP contribution < -0.4 is 10.1 Å². The van der Waals surface area contributed by atoms with Crippen LogP contribution in [0.4, 0.5) is 11.4 Å². The largest absolute Gasteiger partial charge is 0.474 e. The molecule has 1 atom stereocenters. The monoisotopic (exact) mass is 356 g/mol. The van der Waals surface area contributed by atoms with Crippen molar-refractivity contribution in [2.45, 2.75) is 20.0 Å². The highest BCUT2D eigenvalue weighted by Crippen LogP contribution is 2.28. The van der Waals surface area contributed by atoms with E-state index in [1.165, 1.54) is 32.0 Å². The number of anilines is 1. The van der Waals surface area contributed by atoms with Gasteiger partial charge in [0.2, 0.25) is 0 Å². The number of ether oxygens (including phenoxy) is 1. The summed E-state index contributed by atoms with van der Waals surface area (Å²) in [5.41, 5.74) is 0.565. The summed E-state index contributed by atoms with van der Waals surface area (Å²) >= 11 is 0. The van der Waals surface area contributed by atoms with Gasteiger partial charge < -0.3 is 10.1 Å². The van der Waals surface area contributed by atoms with E-state index in [0.29, 0.717) is 17.5 Å². The molecule has 1 amide bonds. The van der Waals surface area contributed by atoms with Crippen molar-refractivity contribution in [3.05, 3.63) is 63.7 Å². The Kier molecular flexibility index (Phi) is 5.79. The molecule has 2 rings (SSSR count). The van der Waals surface area contributed by atoms with Gasteiger partial charge in [0.05, 0.1) is 4.92 Å². The summed E-state index contributed by atoms with van der Waals surface area (Å²) in [5.74, 6) is -0.809. The molecule has 0 fully saturated rings. The summed E-state index contributed by atoms with van der Waals surface area (Å²) in [7, 11) is 0. The van der Waals surface area contributed by atoms with E-state index in [2.05, 4.69) is 5.32 Å². The lowest BCUT2D eigenvalue weighted by atomic mass is 10.1. The van der Waals surface area contributed by atoms with Gasteiger partial charge in [-0.2, -0.15) is 0 Å². The zero-order chi connectivity index (χ0) is 19.3. The molecule has 0 unspecified atom stereocenters. The lowest BCUT2D eigenvalue weighted by molar-refractivity contribution is -0.386. The third-order valence-corrected chi connectivity index (χ3v) is 3.53. The number of carbonyl (C=O) groups excluding carboxylic acids is 3. The average molecular weight is 356 g/mol. The first-order valence-electron chi connectivity index (χ1n) is 7.64. The Hall–Kier alpha value is -3.55. The molecule has 0 saturated heterocycles. The Morgan fingerprint density at radius 3 is 2.58 bits per heavy atom. The number of benzene rings is 2. The van der Waals surface area contributed by atoms with Crippen molar-refractivity contribution in [3.63, 3.8) is 0 Å². The van der Waals surface area contributed by atoms with Crippen molar-refractivity contribution in [2.24, 2.45) is 0 Å². The third kappa shape index (κ3) is 4.50. The number of nitrogens with one attached hydrogen (secondary N) is 1. The van der Waals surface area contributed by atoms with Crippen LogP contribution in [0.15, 0.2) is 42.5 Å². The summed E-state index contributed by atoms with van der Waals surface area (Å²) in [6.07, 6.45) is -0.564. The Labute approximate surface area is 148 Å². The molecule has 0 heterocycles. The first-order valence-corrected chi connectivity index (χ1v) is 7.64. The SMILES string of the molecule is CC(=O)c1cccc(NC(=O)[C@@H](C)Oc2ccc(C=O)cc2[N+](=O)[O-])c1. The van der Waals surface area contributed by atoms with Crippen LogP contribution in [0.5, 0.6) is 5.75 Å². The van der Waals surface area contributed by atoms with Crippen molar-refractivity contribution in [1.82, 2.24) is 0 Å². The highest BCUT2D eigenvalue weighted by molar-refractivity contribution is 5.98. The summed E-state index contributed by atoms with van der Waals surface area (Å²) in [6.45, 7) is 2.84. The van der Waals surface area contributed by atoms with Crippen molar-refractivity contribution in [1.29, 1.82) is 0 Å². The number of amides is 1. The highest BCUT2D eigenvalue weighted by Gasteiger charge is 2.22. The highest BCUT2D eigenvalue weighted by atomic mass is 16.6. The molecule has 2 aromatic carbocycles. The topological polar surface area (TPSA) is 116 Å². The summed E-state index contributed by atoms with van der Waals surface area (Å²) < 4.78 is 5.38. The minimum Gasteiger partial charge on any atom is -0.474 e. The fourth-order valence-corrected chi connectivity index (χ4v) is 2.15. The second-order valence-electron chi connectivity index (χ2n) is 5.49. The molecule has 0 aliphatic heterocycles. The van der Waals surface area contributed by atoms with Crippen molar-refractivity contribution in [2.75, 3.05) is 5.32 Å². The van der Waals surface area contributed by atoms with Crippen LogP contribution in [-0.2, 0) is 4.79 Å². The second-order valence-corrected chi connectivity index (χ2v) is 5.49. The molecule has 0 aliphatic rings. The Morgan fingerprint density at radius 1 is 1.23 bits per heavy atom. The number of nitrogens with zero attached hydrogens (tertiary/aromatic N) is 1. The van der Waals surface area contributed by atoms with Gasteiger partial charge in [0.15, 0.2) is 17.6 Å². The van der Waals surface area contributed by atoms with Gasteiger partial charge in [-0.25, -0.2) is 0 Å². The fourth-order valence-electron chi connectivity index (χ4n) is 2.15. The minimum absolute atomic E-state index is 0.124. The number of hydrogen-bond acceptors (Lipinski definition) is 6. The Bertz CT molecular complexity index is 878. The van der Waals surface area contributed by atoms with Gasteiger partial charge in [0.25, 0.3) is 5.91 Å². The quantitative estimate of drug-likeness (QED) is 0.353. The number of ketones is 1.